The summed E-state index contributed by atoms with van der Waals surface area (Å²) >= 11 is 0. The fourth-order valence-electron chi connectivity index (χ4n) is 2.25. The number of carbonyl (C=O) groups excluding carboxylic acids is 1. The molecule has 0 saturated carbocycles. The van der Waals surface area contributed by atoms with Crippen molar-refractivity contribution >= 4 is 5.97 Å². The Hall–Kier alpha value is -1.35. The van der Waals surface area contributed by atoms with E-state index in [1.165, 1.54) is 18.2 Å². The van der Waals surface area contributed by atoms with E-state index in [-0.39, 0.29) is 17.9 Å². The lowest BCUT2D eigenvalue weighted by molar-refractivity contribution is -0.141. The van der Waals surface area contributed by atoms with E-state index in [1.54, 1.807) is 0 Å². The number of carbonyl (C=O) groups is 1. The highest BCUT2D eigenvalue weighted by Crippen LogP contribution is 2.26. The van der Waals surface area contributed by atoms with Gasteiger partial charge in [-0.05, 0) is 36.5 Å². The summed E-state index contributed by atoms with van der Waals surface area (Å²) < 4.78 is 4.74. The maximum absolute atomic E-state index is 11.4. The number of rotatable bonds is 2. The second kappa shape index (κ2) is 4.26. The van der Waals surface area contributed by atoms with Crippen molar-refractivity contribution in [3.8, 4) is 0 Å². The van der Waals surface area contributed by atoms with Crippen LogP contribution < -0.4 is 5.73 Å². The van der Waals surface area contributed by atoms with Crippen LogP contribution in [0.25, 0.3) is 0 Å². The maximum Gasteiger partial charge on any atom is 0.312 e. The van der Waals surface area contributed by atoms with E-state index >= 15 is 0 Å². The Bertz CT molecular complexity index is 414. The van der Waals surface area contributed by atoms with Crippen LogP contribution in [0.3, 0.4) is 0 Å². The molecule has 1 aliphatic rings. The van der Waals surface area contributed by atoms with Gasteiger partial charge in [0.05, 0.1) is 13.0 Å². The van der Waals surface area contributed by atoms with Gasteiger partial charge in [-0.2, -0.15) is 0 Å². The minimum atomic E-state index is -0.202. The van der Waals surface area contributed by atoms with Crippen molar-refractivity contribution in [2.24, 2.45) is 5.73 Å². The summed E-state index contributed by atoms with van der Waals surface area (Å²) in [5.41, 5.74) is 9.51. The third kappa shape index (κ3) is 1.95. The zero-order chi connectivity index (χ0) is 11.7. The van der Waals surface area contributed by atoms with Gasteiger partial charge in [-0.25, -0.2) is 0 Å². The molecule has 0 aliphatic heterocycles. The number of esters is 1. The number of benzene rings is 1. The summed E-state index contributed by atoms with van der Waals surface area (Å²) in [6.45, 7) is 1.86. The molecular formula is C13H17NO2. The molecule has 0 aromatic heterocycles. The van der Waals surface area contributed by atoms with Crippen molar-refractivity contribution in [3.63, 3.8) is 0 Å². The van der Waals surface area contributed by atoms with Crippen LogP contribution in [0.4, 0.5) is 0 Å². The van der Waals surface area contributed by atoms with Gasteiger partial charge >= 0.3 is 5.97 Å². The van der Waals surface area contributed by atoms with Crippen LogP contribution in [-0.4, -0.2) is 19.1 Å². The minimum Gasteiger partial charge on any atom is -0.469 e. The fraction of sp³-hybridized carbons (Fsp3) is 0.462. The van der Waals surface area contributed by atoms with Crippen LogP contribution in [0.5, 0.6) is 0 Å². The summed E-state index contributed by atoms with van der Waals surface area (Å²) in [5, 5.41) is 0. The lowest BCUT2D eigenvalue weighted by Crippen LogP contribution is -2.19. The van der Waals surface area contributed by atoms with Gasteiger partial charge in [0.15, 0.2) is 0 Å². The topological polar surface area (TPSA) is 52.3 Å². The molecule has 3 heteroatoms. The van der Waals surface area contributed by atoms with Crippen LogP contribution in [-0.2, 0) is 22.4 Å². The van der Waals surface area contributed by atoms with Crippen LogP contribution in [0.15, 0.2) is 18.2 Å². The van der Waals surface area contributed by atoms with Crippen LogP contribution in [0.2, 0.25) is 0 Å². The Morgan fingerprint density at radius 1 is 1.44 bits per heavy atom. The first-order valence-corrected chi connectivity index (χ1v) is 5.57. The van der Waals surface area contributed by atoms with Crippen LogP contribution >= 0.6 is 0 Å². The quantitative estimate of drug-likeness (QED) is 0.765. The average molecular weight is 219 g/mol. The maximum atomic E-state index is 11.4. The van der Waals surface area contributed by atoms with Gasteiger partial charge in [-0.15, -0.1) is 0 Å². The zero-order valence-electron chi connectivity index (χ0n) is 9.69. The lowest BCUT2D eigenvalue weighted by atomic mass is 9.97. The molecule has 0 bridgehead atoms. The van der Waals surface area contributed by atoms with Gasteiger partial charge in [0.1, 0.15) is 0 Å². The molecule has 1 aromatic rings. The molecule has 1 aromatic carbocycles. The number of hydrogen-bond acceptors (Lipinski definition) is 3. The molecule has 0 radical (unpaired) electrons. The van der Waals surface area contributed by atoms with Crippen molar-refractivity contribution in [1.82, 2.24) is 0 Å². The van der Waals surface area contributed by atoms with Crippen molar-refractivity contribution in [1.29, 1.82) is 0 Å². The number of hydrogen-bond donors (Lipinski definition) is 1. The molecule has 0 amide bonds. The molecule has 0 saturated heterocycles. The minimum absolute atomic E-state index is 0.192. The number of ether oxygens (including phenoxy) is 1. The molecule has 1 aliphatic carbocycles. The van der Waals surface area contributed by atoms with E-state index in [0.717, 1.165) is 18.4 Å². The highest BCUT2D eigenvalue weighted by Gasteiger charge is 2.21. The van der Waals surface area contributed by atoms with Crippen LogP contribution in [0, 0.1) is 0 Å². The standard InChI is InChI=1S/C13H17NO2/c1-8(13(15)16-2)9-3-4-10-6-12(14)7-11(10)5-9/h3-5,8,12H,6-7,14H2,1-2H3. The number of methoxy groups -OCH3 is 1. The third-order valence-electron chi connectivity index (χ3n) is 3.25. The van der Waals surface area contributed by atoms with Crippen molar-refractivity contribution in [2.45, 2.75) is 31.7 Å². The molecule has 2 rings (SSSR count). The summed E-state index contributed by atoms with van der Waals surface area (Å²) in [6.07, 6.45) is 1.86. The van der Waals surface area contributed by atoms with Gasteiger partial charge in [0.25, 0.3) is 0 Å². The first-order chi connectivity index (χ1) is 7.61. The molecule has 2 N–H and O–H groups in total. The normalized spacial score (nSPS) is 20.3. The van der Waals surface area contributed by atoms with Crippen LogP contribution in [0.1, 0.15) is 29.5 Å². The molecule has 2 atom stereocenters. The van der Waals surface area contributed by atoms with E-state index < -0.39 is 0 Å². The molecule has 0 fully saturated rings. The Morgan fingerprint density at radius 2 is 2.12 bits per heavy atom. The largest absolute Gasteiger partial charge is 0.469 e. The molecular weight excluding hydrogens is 202 g/mol. The molecule has 0 spiro atoms. The summed E-state index contributed by atoms with van der Waals surface area (Å²) in [4.78, 5) is 11.4. The third-order valence-corrected chi connectivity index (χ3v) is 3.25. The van der Waals surface area contributed by atoms with E-state index in [0.29, 0.717) is 0 Å². The monoisotopic (exact) mass is 219 g/mol. The van der Waals surface area contributed by atoms with E-state index in [9.17, 15) is 4.79 Å². The fourth-order valence-corrected chi connectivity index (χ4v) is 2.25. The molecule has 3 nitrogen and oxygen atoms in total. The molecule has 16 heavy (non-hydrogen) atoms. The highest BCUT2D eigenvalue weighted by atomic mass is 16.5. The van der Waals surface area contributed by atoms with Gasteiger partial charge in [-0.1, -0.05) is 18.2 Å². The van der Waals surface area contributed by atoms with Gasteiger partial charge in [0, 0.05) is 6.04 Å². The van der Waals surface area contributed by atoms with Crippen molar-refractivity contribution < 1.29 is 9.53 Å². The predicted octanol–water partition coefficient (Wildman–Crippen LogP) is 1.39. The first-order valence-electron chi connectivity index (χ1n) is 5.57. The van der Waals surface area contributed by atoms with Crippen molar-refractivity contribution in [3.05, 3.63) is 34.9 Å². The number of nitrogens with two attached hydrogens (primary N) is 1. The smallest absolute Gasteiger partial charge is 0.312 e. The Balaban J connectivity index is 2.25. The molecule has 2 unspecified atom stereocenters. The van der Waals surface area contributed by atoms with Gasteiger partial charge in [0.2, 0.25) is 0 Å². The van der Waals surface area contributed by atoms with Crippen molar-refractivity contribution in [2.75, 3.05) is 7.11 Å². The highest BCUT2D eigenvalue weighted by molar-refractivity contribution is 5.77. The Labute approximate surface area is 95.6 Å². The summed E-state index contributed by atoms with van der Waals surface area (Å²) in [7, 11) is 1.42. The van der Waals surface area contributed by atoms with E-state index in [1.807, 2.05) is 13.0 Å². The lowest BCUT2D eigenvalue weighted by Gasteiger charge is -2.10. The van der Waals surface area contributed by atoms with Gasteiger partial charge in [-0.3, -0.25) is 4.79 Å². The Kier molecular flexibility index (Phi) is 2.97. The van der Waals surface area contributed by atoms with Gasteiger partial charge < -0.3 is 10.5 Å². The second-order valence-corrected chi connectivity index (χ2v) is 4.44. The SMILES string of the molecule is COC(=O)C(C)c1ccc2c(c1)CC(N)C2. The average Bonchev–Trinajstić information content (AvgIpc) is 2.65. The Morgan fingerprint density at radius 3 is 2.81 bits per heavy atom. The summed E-state index contributed by atoms with van der Waals surface area (Å²) in [5.74, 6) is -0.394. The molecule has 0 heterocycles. The zero-order valence-corrected chi connectivity index (χ0v) is 9.69. The van der Waals surface area contributed by atoms with E-state index in [2.05, 4.69) is 12.1 Å². The first kappa shape index (κ1) is 11.1. The van der Waals surface area contributed by atoms with E-state index in [4.69, 9.17) is 10.5 Å². The summed E-state index contributed by atoms with van der Waals surface area (Å²) in [6, 6.07) is 6.40. The number of fused-ring (bicyclic) bond motifs is 1. The predicted molar refractivity (Wildman–Crippen MR) is 62.3 cm³/mol. The molecule has 86 valence electrons. The second-order valence-electron chi connectivity index (χ2n) is 4.44.